The third-order valence-corrected chi connectivity index (χ3v) is 5.72. The number of nitrogens with one attached hydrogen (secondary N) is 1. The highest BCUT2D eigenvalue weighted by Gasteiger charge is 2.24. The summed E-state index contributed by atoms with van der Waals surface area (Å²) < 4.78 is 7.32. The predicted octanol–water partition coefficient (Wildman–Crippen LogP) is 3.68. The SMILES string of the molecule is O=C(CSc1nnc(-c2cccnc2)n1C1CCCCC1)NN=Cc1ccco1. The third-order valence-electron chi connectivity index (χ3n) is 4.78. The number of hydrogen-bond acceptors (Lipinski definition) is 7. The zero-order valence-electron chi connectivity index (χ0n) is 15.9. The molecule has 0 radical (unpaired) electrons. The molecule has 3 aromatic rings. The molecule has 9 heteroatoms. The summed E-state index contributed by atoms with van der Waals surface area (Å²) in [5.41, 5.74) is 3.45. The molecule has 1 amide bonds. The number of aromatic nitrogens is 4. The van der Waals surface area contributed by atoms with E-state index in [-0.39, 0.29) is 11.7 Å². The fraction of sp³-hybridized carbons (Fsp3) is 0.350. The van der Waals surface area contributed by atoms with Crippen molar-refractivity contribution < 1.29 is 9.21 Å². The Balaban J connectivity index is 1.46. The summed E-state index contributed by atoms with van der Waals surface area (Å²) in [6.45, 7) is 0. The van der Waals surface area contributed by atoms with Crippen molar-refractivity contribution >= 4 is 23.9 Å². The predicted molar refractivity (Wildman–Crippen MR) is 111 cm³/mol. The highest BCUT2D eigenvalue weighted by molar-refractivity contribution is 7.99. The second kappa shape index (κ2) is 9.51. The van der Waals surface area contributed by atoms with E-state index < -0.39 is 0 Å². The van der Waals surface area contributed by atoms with Crippen molar-refractivity contribution in [1.29, 1.82) is 0 Å². The molecule has 150 valence electrons. The Hall–Kier alpha value is -2.94. The fourth-order valence-corrected chi connectivity index (χ4v) is 4.23. The molecule has 29 heavy (non-hydrogen) atoms. The molecular weight excluding hydrogens is 388 g/mol. The number of carbonyl (C=O) groups is 1. The first kappa shape index (κ1) is 19.4. The maximum Gasteiger partial charge on any atom is 0.250 e. The van der Waals surface area contributed by atoms with Crippen molar-refractivity contribution in [3.8, 4) is 11.4 Å². The van der Waals surface area contributed by atoms with Gasteiger partial charge in [0.15, 0.2) is 11.0 Å². The minimum Gasteiger partial charge on any atom is -0.463 e. The van der Waals surface area contributed by atoms with Gasteiger partial charge in [-0.05, 0) is 37.1 Å². The topological polar surface area (TPSA) is 98.2 Å². The minimum atomic E-state index is -0.209. The molecule has 4 rings (SSSR count). The first-order chi connectivity index (χ1) is 14.3. The van der Waals surface area contributed by atoms with Gasteiger partial charge in [-0.3, -0.25) is 14.3 Å². The molecule has 0 aliphatic heterocycles. The summed E-state index contributed by atoms with van der Waals surface area (Å²) in [5, 5.41) is 13.4. The average Bonchev–Trinajstić information content (AvgIpc) is 3.43. The Morgan fingerprint density at radius 2 is 2.17 bits per heavy atom. The lowest BCUT2D eigenvalue weighted by atomic mass is 9.95. The van der Waals surface area contributed by atoms with Crippen LogP contribution in [0.25, 0.3) is 11.4 Å². The second-order valence-electron chi connectivity index (χ2n) is 6.81. The summed E-state index contributed by atoms with van der Waals surface area (Å²) >= 11 is 1.37. The zero-order chi connectivity index (χ0) is 19.9. The fourth-order valence-electron chi connectivity index (χ4n) is 3.43. The maximum absolute atomic E-state index is 12.2. The van der Waals surface area contributed by atoms with Crippen molar-refractivity contribution in [2.45, 2.75) is 43.3 Å². The number of nitrogens with zero attached hydrogens (tertiary/aromatic N) is 5. The van der Waals surface area contributed by atoms with Gasteiger partial charge in [-0.25, -0.2) is 5.43 Å². The van der Waals surface area contributed by atoms with E-state index in [2.05, 4.69) is 30.3 Å². The molecule has 1 N–H and O–H groups in total. The number of furan rings is 1. The Labute approximate surface area is 172 Å². The van der Waals surface area contributed by atoms with Gasteiger partial charge >= 0.3 is 0 Å². The van der Waals surface area contributed by atoms with Crippen LogP contribution in [0.3, 0.4) is 0 Å². The molecule has 0 aromatic carbocycles. The minimum absolute atomic E-state index is 0.202. The van der Waals surface area contributed by atoms with Gasteiger partial charge in [0.2, 0.25) is 0 Å². The first-order valence-electron chi connectivity index (χ1n) is 9.65. The molecule has 0 bridgehead atoms. The van der Waals surface area contributed by atoms with Gasteiger partial charge < -0.3 is 4.42 Å². The van der Waals surface area contributed by atoms with Gasteiger partial charge in [0.1, 0.15) is 5.76 Å². The van der Waals surface area contributed by atoms with Crippen LogP contribution < -0.4 is 5.43 Å². The standard InChI is InChI=1S/C20H22N6O2S/c27-18(23-22-13-17-9-5-11-28-17)14-29-20-25-24-19(15-6-4-10-21-12-15)26(20)16-7-2-1-3-8-16/h4-6,9-13,16H,1-3,7-8,14H2,(H,23,27). The Kier molecular flexibility index (Phi) is 6.35. The number of hydrazone groups is 1. The highest BCUT2D eigenvalue weighted by Crippen LogP contribution is 2.35. The summed E-state index contributed by atoms with van der Waals surface area (Å²) in [6.07, 6.45) is 12.4. The van der Waals surface area contributed by atoms with Crippen LogP contribution in [-0.4, -0.2) is 37.6 Å². The normalized spacial score (nSPS) is 15.0. The zero-order valence-corrected chi connectivity index (χ0v) is 16.7. The summed E-state index contributed by atoms with van der Waals surface area (Å²) in [7, 11) is 0. The van der Waals surface area contributed by atoms with E-state index in [9.17, 15) is 4.79 Å². The molecular formula is C20H22N6O2S. The van der Waals surface area contributed by atoms with Crippen LogP contribution in [0, 0.1) is 0 Å². The van der Waals surface area contributed by atoms with Gasteiger partial charge in [-0.2, -0.15) is 5.10 Å². The van der Waals surface area contributed by atoms with Crippen LogP contribution in [0.2, 0.25) is 0 Å². The Morgan fingerprint density at radius 1 is 1.28 bits per heavy atom. The lowest BCUT2D eigenvalue weighted by Gasteiger charge is -2.25. The van der Waals surface area contributed by atoms with Gasteiger partial charge in [0.25, 0.3) is 5.91 Å². The summed E-state index contributed by atoms with van der Waals surface area (Å²) in [5.74, 6) is 1.38. The van der Waals surface area contributed by atoms with Crippen molar-refractivity contribution in [3.63, 3.8) is 0 Å². The van der Waals surface area contributed by atoms with Crippen LogP contribution >= 0.6 is 11.8 Å². The molecule has 1 aliphatic rings. The lowest BCUT2D eigenvalue weighted by Crippen LogP contribution is -2.20. The number of thioether (sulfide) groups is 1. The van der Waals surface area contributed by atoms with E-state index in [1.54, 1.807) is 30.8 Å². The largest absolute Gasteiger partial charge is 0.463 e. The lowest BCUT2D eigenvalue weighted by molar-refractivity contribution is -0.118. The van der Waals surface area contributed by atoms with E-state index in [0.717, 1.165) is 29.4 Å². The van der Waals surface area contributed by atoms with Crippen LogP contribution in [0.15, 0.2) is 57.6 Å². The van der Waals surface area contributed by atoms with Crippen LogP contribution in [-0.2, 0) is 4.79 Å². The molecule has 3 heterocycles. The van der Waals surface area contributed by atoms with Crippen LogP contribution in [0.5, 0.6) is 0 Å². The highest BCUT2D eigenvalue weighted by atomic mass is 32.2. The number of rotatable bonds is 7. The Morgan fingerprint density at radius 3 is 2.93 bits per heavy atom. The molecule has 1 saturated carbocycles. The molecule has 0 saturated heterocycles. The van der Waals surface area contributed by atoms with E-state index in [4.69, 9.17) is 4.42 Å². The third kappa shape index (κ3) is 4.92. The average molecular weight is 411 g/mol. The van der Waals surface area contributed by atoms with Gasteiger partial charge in [0, 0.05) is 24.0 Å². The quantitative estimate of drug-likeness (QED) is 0.362. The summed E-state index contributed by atoms with van der Waals surface area (Å²) in [4.78, 5) is 16.4. The van der Waals surface area contributed by atoms with Gasteiger partial charge in [0.05, 0.1) is 18.2 Å². The molecule has 1 fully saturated rings. The molecule has 3 aromatic heterocycles. The van der Waals surface area contributed by atoms with Crippen molar-refractivity contribution in [1.82, 2.24) is 25.2 Å². The number of carbonyl (C=O) groups excluding carboxylic acids is 1. The van der Waals surface area contributed by atoms with Crippen LogP contribution in [0.1, 0.15) is 43.9 Å². The maximum atomic E-state index is 12.2. The Bertz CT molecular complexity index is 949. The van der Waals surface area contributed by atoms with Crippen molar-refractivity contribution in [2.75, 3.05) is 5.75 Å². The molecule has 8 nitrogen and oxygen atoms in total. The number of amides is 1. The molecule has 0 unspecified atom stereocenters. The van der Waals surface area contributed by atoms with E-state index in [1.165, 1.54) is 37.2 Å². The smallest absolute Gasteiger partial charge is 0.250 e. The number of hydrogen-bond donors (Lipinski definition) is 1. The monoisotopic (exact) mass is 410 g/mol. The van der Waals surface area contributed by atoms with Crippen LogP contribution in [0.4, 0.5) is 0 Å². The van der Waals surface area contributed by atoms with Gasteiger partial charge in [-0.1, -0.05) is 31.0 Å². The van der Waals surface area contributed by atoms with E-state index in [1.807, 2.05) is 12.1 Å². The molecule has 1 aliphatic carbocycles. The summed E-state index contributed by atoms with van der Waals surface area (Å²) in [6, 6.07) is 7.75. The number of pyridine rings is 1. The van der Waals surface area contributed by atoms with E-state index in [0.29, 0.717) is 11.8 Å². The molecule has 0 spiro atoms. The van der Waals surface area contributed by atoms with Gasteiger partial charge in [-0.15, -0.1) is 10.2 Å². The first-order valence-corrected chi connectivity index (χ1v) is 10.6. The molecule has 0 atom stereocenters. The second-order valence-corrected chi connectivity index (χ2v) is 7.75. The van der Waals surface area contributed by atoms with E-state index >= 15 is 0 Å². The van der Waals surface area contributed by atoms with Crippen molar-refractivity contribution in [3.05, 3.63) is 48.7 Å². The van der Waals surface area contributed by atoms with Crippen molar-refractivity contribution in [2.24, 2.45) is 5.10 Å².